The third-order valence-electron chi connectivity index (χ3n) is 5.59. The molecule has 0 atom stereocenters. The van der Waals surface area contributed by atoms with Gasteiger partial charge < -0.3 is 19.3 Å². The van der Waals surface area contributed by atoms with Crippen LogP contribution in [0.1, 0.15) is 52.1 Å². The number of rotatable bonds is 5. The Morgan fingerprint density at radius 3 is 2.93 bits per heavy atom. The summed E-state index contributed by atoms with van der Waals surface area (Å²) in [6.45, 7) is 4.55. The minimum absolute atomic E-state index is 0.0154. The van der Waals surface area contributed by atoms with Crippen molar-refractivity contribution in [2.45, 2.75) is 39.2 Å². The number of fused-ring (bicyclic) bond motifs is 1. The Morgan fingerprint density at radius 1 is 1.39 bits per heavy atom. The minimum atomic E-state index is -0.565. The summed E-state index contributed by atoms with van der Waals surface area (Å²) >= 11 is 0. The molecule has 0 aliphatic carbocycles. The smallest absolute Gasteiger partial charge is 0.377 e. The van der Waals surface area contributed by atoms with Gasteiger partial charge in [-0.1, -0.05) is 12.1 Å². The Morgan fingerprint density at radius 2 is 2.21 bits per heavy atom. The number of esters is 1. The number of hydrogen-bond donors (Lipinski definition) is 1. The number of hydrogen-bond acceptors (Lipinski definition) is 7. The lowest BCUT2D eigenvalue weighted by Gasteiger charge is -2.36. The molecule has 2 aromatic heterocycles. The highest BCUT2D eigenvalue weighted by Crippen LogP contribution is 2.37. The highest BCUT2D eigenvalue weighted by Gasteiger charge is 2.39. The predicted octanol–water partition coefficient (Wildman–Crippen LogP) is 1.37. The van der Waals surface area contributed by atoms with Crippen LogP contribution in [-0.4, -0.2) is 53.2 Å². The molecule has 0 bridgehead atoms. The Hall–Kier alpha value is -2.68. The molecule has 9 nitrogen and oxygen atoms in total. The van der Waals surface area contributed by atoms with Gasteiger partial charge in [0.05, 0.1) is 29.7 Å². The zero-order chi connectivity index (χ0) is 19.6. The molecule has 2 aromatic rings. The van der Waals surface area contributed by atoms with Gasteiger partial charge in [0.15, 0.2) is 0 Å². The molecule has 150 valence electrons. The molecule has 28 heavy (non-hydrogen) atoms. The van der Waals surface area contributed by atoms with Gasteiger partial charge in [0.25, 0.3) is 5.91 Å². The maximum absolute atomic E-state index is 12.8. The van der Waals surface area contributed by atoms with E-state index in [1.54, 1.807) is 0 Å². The van der Waals surface area contributed by atoms with Gasteiger partial charge in [0, 0.05) is 25.8 Å². The predicted molar refractivity (Wildman–Crippen MR) is 96.9 cm³/mol. The first-order chi connectivity index (χ1) is 13.6. The van der Waals surface area contributed by atoms with Crippen molar-refractivity contribution >= 4 is 11.9 Å². The summed E-state index contributed by atoms with van der Waals surface area (Å²) in [6.07, 6.45) is 4.62. The number of carbonyl (C=O) groups is 2. The van der Waals surface area contributed by atoms with Gasteiger partial charge >= 0.3 is 5.97 Å². The molecule has 1 fully saturated rings. The van der Waals surface area contributed by atoms with Crippen molar-refractivity contribution in [2.75, 3.05) is 26.4 Å². The summed E-state index contributed by atoms with van der Waals surface area (Å²) in [6, 6.07) is 1.46. The molecule has 0 radical (unpaired) electrons. The van der Waals surface area contributed by atoms with Crippen molar-refractivity contribution in [1.29, 1.82) is 0 Å². The van der Waals surface area contributed by atoms with Gasteiger partial charge in [-0.25, -0.2) is 4.79 Å². The van der Waals surface area contributed by atoms with Crippen molar-refractivity contribution in [3.05, 3.63) is 35.0 Å². The molecule has 2 aliphatic rings. The zero-order valence-electron chi connectivity index (χ0n) is 15.9. The van der Waals surface area contributed by atoms with Gasteiger partial charge in [-0.2, -0.15) is 5.10 Å². The maximum atomic E-state index is 12.8. The SMILES string of the molecule is CCc1nn(CCOC(=O)c2ccno2)c2c1C(=O)NCC1(CCOCC1)C2. The fourth-order valence-corrected chi connectivity index (χ4v) is 3.97. The van der Waals surface area contributed by atoms with Crippen LogP contribution in [-0.2, 0) is 28.9 Å². The third-order valence-corrected chi connectivity index (χ3v) is 5.59. The summed E-state index contributed by atoms with van der Waals surface area (Å²) in [5.74, 6) is -0.570. The van der Waals surface area contributed by atoms with Crippen LogP contribution in [0.4, 0.5) is 0 Å². The number of nitrogens with zero attached hydrogens (tertiary/aromatic N) is 3. The van der Waals surface area contributed by atoms with Crippen LogP contribution in [0.5, 0.6) is 0 Å². The van der Waals surface area contributed by atoms with Crippen LogP contribution < -0.4 is 5.32 Å². The normalized spacial score (nSPS) is 18.4. The molecular weight excluding hydrogens is 364 g/mol. The number of amides is 1. The molecule has 1 spiro atoms. The quantitative estimate of drug-likeness (QED) is 0.771. The number of carbonyl (C=O) groups excluding carboxylic acids is 2. The second-order valence-electron chi connectivity index (χ2n) is 7.33. The third kappa shape index (κ3) is 3.54. The number of aryl methyl sites for hydroxylation is 1. The number of ether oxygens (including phenoxy) is 2. The first kappa shape index (κ1) is 18.7. The van der Waals surface area contributed by atoms with Crippen molar-refractivity contribution < 1.29 is 23.6 Å². The minimum Gasteiger partial charge on any atom is -0.458 e. The molecule has 1 amide bonds. The molecular formula is C19H24N4O5. The average Bonchev–Trinajstić information content (AvgIpc) is 3.33. The van der Waals surface area contributed by atoms with E-state index in [4.69, 9.17) is 14.0 Å². The number of aromatic nitrogens is 3. The van der Waals surface area contributed by atoms with E-state index in [9.17, 15) is 9.59 Å². The summed E-state index contributed by atoms with van der Waals surface area (Å²) < 4.78 is 17.4. The van der Waals surface area contributed by atoms with E-state index in [2.05, 4.69) is 15.6 Å². The van der Waals surface area contributed by atoms with Crippen molar-refractivity contribution in [3.63, 3.8) is 0 Å². The molecule has 2 aliphatic heterocycles. The molecule has 1 saturated heterocycles. The second kappa shape index (κ2) is 7.75. The number of nitrogens with one attached hydrogen (secondary N) is 1. The van der Waals surface area contributed by atoms with Gasteiger partial charge in [0.2, 0.25) is 5.76 Å². The molecule has 0 saturated carbocycles. The van der Waals surface area contributed by atoms with Gasteiger partial charge in [-0.3, -0.25) is 9.48 Å². The zero-order valence-corrected chi connectivity index (χ0v) is 15.9. The van der Waals surface area contributed by atoms with Crippen LogP contribution >= 0.6 is 0 Å². The first-order valence-corrected chi connectivity index (χ1v) is 9.64. The standard InChI is InChI=1S/C19H24N4O5/c1-2-13-16-14(11-19(12-20-17(16)24)4-8-26-9-5-19)23(22-13)7-10-27-18(25)15-3-6-21-28-15/h3,6H,2,4-5,7-12H2,1H3,(H,20,24). The van der Waals surface area contributed by atoms with Crippen LogP contribution in [0.15, 0.2) is 16.8 Å². The van der Waals surface area contributed by atoms with Crippen LogP contribution in [0.25, 0.3) is 0 Å². The summed E-state index contributed by atoms with van der Waals surface area (Å²) in [7, 11) is 0. The molecule has 1 N–H and O–H groups in total. The molecule has 9 heteroatoms. The second-order valence-corrected chi connectivity index (χ2v) is 7.33. The molecule has 0 unspecified atom stereocenters. The van der Waals surface area contributed by atoms with Crippen LogP contribution in [0, 0.1) is 5.41 Å². The fraction of sp³-hybridized carbons (Fsp3) is 0.579. The Labute approximate surface area is 162 Å². The lowest BCUT2D eigenvalue weighted by Crippen LogP contribution is -2.40. The molecule has 4 heterocycles. The van der Waals surface area contributed by atoms with E-state index in [0.29, 0.717) is 38.3 Å². The largest absolute Gasteiger partial charge is 0.458 e. The monoisotopic (exact) mass is 388 g/mol. The fourth-order valence-electron chi connectivity index (χ4n) is 3.97. The molecule has 4 rings (SSSR count). The highest BCUT2D eigenvalue weighted by atomic mass is 16.6. The van der Waals surface area contributed by atoms with Gasteiger partial charge in [0.1, 0.15) is 6.61 Å². The summed E-state index contributed by atoms with van der Waals surface area (Å²) in [5.41, 5.74) is 2.36. The Kier molecular flexibility index (Phi) is 5.17. The van der Waals surface area contributed by atoms with E-state index >= 15 is 0 Å². The van der Waals surface area contributed by atoms with E-state index in [1.807, 2.05) is 11.6 Å². The van der Waals surface area contributed by atoms with Crippen molar-refractivity contribution in [2.24, 2.45) is 5.41 Å². The van der Waals surface area contributed by atoms with Crippen LogP contribution in [0.3, 0.4) is 0 Å². The van der Waals surface area contributed by atoms with E-state index in [0.717, 1.165) is 30.7 Å². The van der Waals surface area contributed by atoms with E-state index in [1.165, 1.54) is 12.3 Å². The van der Waals surface area contributed by atoms with Crippen molar-refractivity contribution in [1.82, 2.24) is 20.3 Å². The summed E-state index contributed by atoms with van der Waals surface area (Å²) in [4.78, 5) is 24.7. The lowest BCUT2D eigenvalue weighted by molar-refractivity contribution is 0.0150. The van der Waals surface area contributed by atoms with Gasteiger partial charge in [-0.05, 0) is 31.1 Å². The maximum Gasteiger partial charge on any atom is 0.377 e. The first-order valence-electron chi connectivity index (χ1n) is 9.64. The lowest BCUT2D eigenvalue weighted by atomic mass is 9.76. The Bertz CT molecular complexity index is 852. The van der Waals surface area contributed by atoms with Gasteiger partial charge in [-0.15, -0.1) is 0 Å². The topological polar surface area (TPSA) is 108 Å². The summed E-state index contributed by atoms with van der Waals surface area (Å²) in [5, 5.41) is 11.2. The average molecular weight is 388 g/mol. The van der Waals surface area contributed by atoms with Crippen LogP contribution in [0.2, 0.25) is 0 Å². The van der Waals surface area contributed by atoms with E-state index < -0.39 is 5.97 Å². The van der Waals surface area contributed by atoms with E-state index in [-0.39, 0.29) is 23.7 Å². The van der Waals surface area contributed by atoms with Crippen molar-refractivity contribution in [3.8, 4) is 0 Å². The Balaban J connectivity index is 1.55. The highest BCUT2D eigenvalue weighted by molar-refractivity contribution is 5.97. The molecule has 0 aromatic carbocycles.